The van der Waals surface area contributed by atoms with Crippen molar-refractivity contribution in [2.45, 2.75) is 6.42 Å². The van der Waals surface area contributed by atoms with Crippen LogP contribution < -0.4 is 16.0 Å². The zero-order valence-electron chi connectivity index (χ0n) is 11.6. The van der Waals surface area contributed by atoms with Crippen molar-refractivity contribution in [3.63, 3.8) is 0 Å². The number of halogens is 1. The molecule has 2 aromatic rings. The number of hydrogen-bond donors (Lipinski definition) is 2. The van der Waals surface area contributed by atoms with Crippen molar-refractivity contribution >= 4 is 34.8 Å². The van der Waals surface area contributed by atoms with Crippen LogP contribution in [0.4, 0.5) is 17.3 Å². The third kappa shape index (κ3) is 2.71. The van der Waals surface area contributed by atoms with E-state index in [4.69, 9.17) is 17.3 Å². The highest BCUT2D eigenvalue weighted by molar-refractivity contribution is 6.28. The molecular formula is C14H13ClN6O. The molecule has 0 unspecified atom stereocenters. The molecule has 3 N–H and O–H groups in total. The zero-order chi connectivity index (χ0) is 15.7. The molecule has 0 bridgehead atoms. The number of nitrogens with one attached hydrogen (secondary N) is 1. The molecule has 8 heteroatoms. The molecule has 0 aliphatic carbocycles. The standard InChI is InChI=1S/C14H13ClN6O/c1-8(12(16)22)21-5-4-9-2-3-10(6-11(9)21)19-14-18-7-17-13(15)20-14/h2-3,6-7H,1,4-5H2,(H2,16,22)(H,17,18,19,20). The Bertz CT molecular complexity index is 763. The van der Waals surface area contributed by atoms with Gasteiger partial charge in [0.25, 0.3) is 5.91 Å². The van der Waals surface area contributed by atoms with Gasteiger partial charge in [-0.25, -0.2) is 9.97 Å². The van der Waals surface area contributed by atoms with Crippen LogP contribution in [0.15, 0.2) is 36.8 Å². The Morgan fingerprint density at radius 3 is 2.95 bits per heavy atom. The van der Waals surface area contributed by atoms with E-state index in [9.17, 15) is 4.79 Å². The molecule has 0 saturated heterocycles. The fraction of sp³-hybridized carbons (Fsp3) is 0.143. The van der Waals surface area contributed by atoms with Gasteiger partial charge in [0.15, 0.2) is 0 Å². The Labute approximate surface area is 131 Å². The second-order valence-corrected chi connectivity index (χ2v) is 5.10. The van der Waals surface area contributed by atoms with Gasteiger partial charge in [-0.1, -0.05) is 12.6 Å². The van der Waals surface area contributed by atoms with Gasteiger partial charge in [-0.3, -0.25) is 4.79 Å². The third-order valence-electron chi connectivity index (χ3n) is 3.39. The number of nitrogens with zero attached hydrogens (tertiary/aromatic N) is 4. The topological polar surface area (TPSA) is 97.0 Å². The lowest BCUT2D eigenvalue weighted by Crippen LogP contribution is -2.29. The summed E-state index contributed by atoms with van der Waals surface area (Å²) >= 11 is 5.73. The molecule has 3 rings (SSSR count). The lowest BCUT2D eigenvalue weighted by Gasteiger charge is -2.20. The zero-order valence-corrected chi connectivity index (χ0v) is 12.3. The Morgan fingerprint density at radius 2 is 2.23 bits per heavy atom. The van der Waals surface area contributed by atoms with Gasteiger partial charge in [-0.15, -0.1) is 0 Å². The normalized spacial score (nSPS) is 12.9. The van der Waals surface area contributed by atoms with Gasteiger partial charge in [-0.05, 0) is 35.7 Å². The van der Waals surface area contributed by atoms with Crippen LogP contribution in [0.1, 0.15) is 5.56 Å². The van der Waals surface area contributed by atoms with E-state index in [0.717, 1.165) is 23.4 Å². The lowest BCUT2D eigenvalue weighted by molar-refractivity contribution is -0.114. The highest BCUT2D eigenvalue weighted by Gasteiger charge is 2.23. The molecule has 0 spiro atoms. The highest BCUT2D eigenvalue weighted by atomic mass is 35.5. The van der Waals surface area contributed by atoms with Crippen molar-refractivity contribution in [2.75, 3.05) is 16.8 Å². The second-order valence-electron chi connectivity index (χ2n) is 4.76. The molecular weight excluding hydrogens is 304 g/mol. The van der Waals surface area contributed by atoms with E-state index in [0.29, 0.717) is 12.5 Å². The summed E-state index contributed by atoms with van der Waals surface area (Å²) in [6, 6.07) is 5.79. The minimum atomic E-state index is -0.532. The molecule has 1 aromatic carbocycles. The third-order valence-corrected chi connectivity index (χ3v) is 3.57. The lowest BCUT2D eigenvalue weighted by atomic mass is 10.1. The monoisotopic (exact) mass is 316 g/mol. The SMILES string of the molecule is C=C(C(N)=O)N1CCc2ccc(Nc3ncnc(Cl)n3)cc21. The molecule has 1 aromatic heterocycles. The number of fused-ring (bicyclic) bond motifs is 1. The van der Waals surface area contributed by atoms with E-state index in [-0.39, 0.29) is 11.0 Å². The van der Waals surface area contributed by atoms with Crippen molar-refractivity contribution in [2.24, 2.45) is 5.73 Å². The van der Waals surface area contributed by atoms with E-state index >= 15 is 0 Å². The Morgan fingerprint density at radius 1 is 1.41 bits per heavy atom. The van der Waals surface area contributed by atoms with Crippen LogP contribution in [0.3, 0.4) is 0 Å². The molecule has 7 nitrogen and oxygen atoms in total. The van der Waals surface area contributed by atoms with Crippen LogP contribution >= 0.6 is 11.6 Å². The molecule has 0 saturated carbocycles. The van der Waals surface area contributed by atoms with Crippen molar-refractivity contribution in [3.8, 4) is 0 Å². The van der Waals surface area contributed by atoms with Crippen LogP contribution in [0.25, 0.3) is 0 Å². The quantitative estimate of drug-likeness (QED) is 0.832. The number of amides is 1. The number of hydrogen-bond acceptors (Lipinski definition) is 6. The summed E-state index contributed by atoms with van der Waals surface area (Å²) in [6.07, 6.45) is 2.16. The summed E-state index contributed by atoms with van der Waals surface area (Å²) in [5.74, 6) is -0.186. The van der Waals surface area contributed by atoms with E-state index in [2.05, 4.69) is 26.8 Å². The summed E-state index contributed by atoms with van der Waals surface area (Å²) < 4.78 is 0. The van der Waals surface area contributed by atoms with Crippen LogP contribution in [-0.4, -0.2) is 27.4 Å². The predicted octanol–water partition coefficient (Wildman–Crippen LogP) is 1.63. The summed E-state index contributed by atoms with van der Waals surface area (Å²) in [4.78, 5) is 24.8. The summed E-state index contributed by atoms with van der Waals surface area (Å²) in [5.41, 5.74) is 8.38. The average Bonchev–Trinajstić information content (AvgIpc) is 2.89. The number of anilines is 3. The van der Waals surface area contributed by atoms with E-state index < -0.39 is 5.91 Å². The molecule has 112 valence electrons. The number of rotatable bonds is 4. The largest absolute Gasteiger partial charge is 0.364 e. The fourth-order valence-electron chi connectivity index (χ4n) is 2.34. The number of aromatic nitrogens is 3. The van der Waals surface area contributed by atoms with Gasteiger partial charge in [0.05, 0.1) is 5.70 Å². The van der Waals surface area contributed by atoms with Gasteiger partial charge in [0.1, 0.15) is 6.33 Å². The van der Waals surface area contributed by atoms with Gasteiger partial charge < -0.3 is 16.0 Å². The molecule has 0 atom stereocenters. The molecule has 0 radical (unpaired) electrons. The Kier molecular flexibility index (Phi) is 3.64. The smallest absolute Gasteiger partial charge is 0.264 e. The summed E-state index contributed by atoms with van der Waals surface area (Å²) in [5, 5.41) is 3.16. The maximum atomic E-state index is 11.3. The van der Waals surface area contributed by atoms with Crippen molar-refractivity contribution in [1.29, 1.82) is 0 Å². The minimum absolute atomic E-state index is 0.113. The van der Waals surface area contributed by atoms with Crippen LogP contribution in [0, 0.1) is 0 Å². The van der Waals surface area contributed by atoms with Gasteiger partial charge in [-0.2, -0.15) is 4.98 Å². The first-order valence-corrected chi connectivity index (χ1v) is 6.93. The average molecular weight is 317 g/mol. The summed E-state index contributed by atoms with van der Waals surface area (Å²) in [6.45, 7) is 4.42. The van der Waals surface area contributed by atoms with Crippen LogP contribution in [0.2, 0.25) is 5.28 Å². The molecule has 1 aliphatic rings. The first kappa shape index (κ1) is 14.3. The Balaban J connectivity index is 1.89. The minimum Gasteiger partial charge on any atom is -0.364 e. The summed E-state index contributed by atoms with van der Waals surface area (Å²) in [7, 11) is 0. The second kappa shape index (κ2) is 5.61. The number of nitrogens with two attached hydrogens (primary N) is 1. The van der Waals surface area contributed by atoms with Gasteiger partial charge in [0.2, 0.25) is 11.2 Å². The van der Waals surface area contributed by atoms with E-state index in [1.54, 1.807) is 0 Å². The van der Waals surface area contributed by atoms with E-state index in [1.807, 2.05) is 23.1 Å². The van der Waals surface area contributed by atoms with Crippen LogP contribution in [-0.2, 0) is 11.2 Å². The fourth-order valence-corrected chi connectivity index (χ4v) is 2.46. The molecule has 1 amide bonds. The molecule has 2 heterocycles. The Hall–Kier alpha value is -2.67. The molecule has 1 aliphatic heterocycles. The van der Waals surface area contributed by atoms with Crippen molar-refractivity contribution < 1.29 is 4.79 Å². The molecule has 0 fully saturated rings. The van der Waals surface area contributed by atoms with Crippen molar-refractivity contribution in [1.82, 2.24) is 15.0 Å². The van der Waals surface area contributed by atoms with E-state index in [1.165, 1.54) is 6.33 Å². The first-order chi connectivity index (χ1) is 10.5. The van der Waals surface area contributed by atoms with Crippen LogP contribution in [0.5, 0.6) is 0 Å². The number of carbonyl (C=O) groups is 1. The number of primary amides is 1. The molecule has 22 heavy (non-hydrogen) atoms. The van der Waals surface area contributed by atoms with Crippen molar-refractivity contribution in [3.05, 3.63) is 47.6 Å². The number of benzene rings is 1. The number of carbonyl (C=O) groups excluding carboxylic acids is 1. The highest BCUT2D eigenvalue weighted by Crippen LogP contribution is 2.33. The predicted molar refractivity (Wildman–Crippen MR) is 83.9 cm³/mol. The maximum Gasteiger partial charge on any atom is 0.264 e. The maximum absolute atomic E-state index is 11.3. The first-order valence-electron chi connectivity index (χ1n) is 6.55. The van der Waals surface area contributed by atoms with Gasteiger partial charge >= 0.3 is 0 Å². The van der Waals surface area contributed by atoms with Gasteiger partial charge in [0, 0.05) is 17.9 Å².